The Labute approximate surface area is 178 Å². The maximum Gasteiger partial charge on any atom is 0.416 e. The molecule has 10 nitrogen and oxygen atoms in total. The van der Waals surface area contributed by atoms with Crippen LogP contribution in [-0.2, 0) is 16.0 Å². The summed E-state index contributed by atoms with van der Waals surface area (Å²) in [5.74, 6) is -1.66. The summed E-state index contributed by atoms with van der Waals surface area (Å²) in [6.07, 6.45) is -0.954. The Morgan fingerprint density at radius 2 is 1.87 bits per heavy atom. The molecule has 2 rings (SSSR count). The van der Waals surface area contributed by atoms with Crippen molar-refractivity contribution in [1.82, 2.24) is 9.97 Å². The van der Waals surface area contributed by atoms with Crippen molar-refractivity contribution in [3.63, 3.8) is 0 Å². The van der Waals surface area contributed by atoms with E-state index in [1.165, 1.54) is 26.0 Å². The van der Waals surface area contributed by atoms with E-state index in [4.69, 9.17) is 4.74 Å². The van der Waals surface area contributed by atoms with Gasteiger partial charge in [0.05, 0.1) is 24.1 Å². The summed E-state index contributed by atoms with van der Waals surface area (Å²) in [6.45, 7) is 7.37. The fourth-order valence-corrected chi connectivity index (χ4v) is 2.72. The number of aromatic nitrogens is 2. The van der Waals surface area contributed by atoms with Gasteiger partial charge >= 0.3 is 17.7 Å². The molecule has 0 atom stereocenters. The van der Waals surface area contributed by atoms with Gasteiger partial charge in [0.2, 0.25) is 5.82 Å². The highest BCUT2D eigenvalue weighted by atomic mass is 19.1. The minimum absolute atomic E-state index is 0.0123. The molecule has 11 heteroatoms. The minimum atomic E-state index is -0.954. The molecule has 0 radical (unpaired) electrons. The summed E-state index contributed by atoms with van der Waals surface area (Å²) in [5.41, 5.74) is -1.41. The van der Waals surface area contributed by atoms with Crippen molar-refractivity contribution in [2.24, 2.45) is 0 Å². The number of ether oxygens (including phenoxy) is 2. The number of carbonyl (C=O) groups excluding carboxylic acids is 2. The number of aryl methyl sites for hydroxylation is 2. The van der Waals surface area contributed by atoms with Crippen molar-refractivity contribution < 1.29 is 28.4 Å². The fourth-order valence-electron chi connectivity index (χ4n) is 2.72. The van der Waals surface area contributed by atoms with E-state index in [2.05, 4.69) is 14.7 Å². The van der Waals surface area contributed by atoms with Gasteiger partial charge in [0, 0.05) is 5.56 Å². The summed E-state index contributed by atoms with van der Waals surface area (Å²) in [7, 11) is 1.16. The van der Waals surface area contributed by atoms with Crippen LogP contribution in [0.1, 0.15) is 48.2 Å². The SMILES string of the molecule is COC(=O)c1ccc(CN(C(=O)OC(C)(C)C)c2nc(C)nc(C)c2[N+](=O)[O-])c(F)c1. The summed E-state index contributed by atoms with van der Waals surface area (Å²) < 4.78 is 24.6. The van der Waals surface area contributed by atoms with Crippen LogP contribution in [0.15, 0.2) is 18.2 Å². The Hall–Kier alpha value is -3.63. The number of nitro groups is 1. The predicted octanol–water partition coefficient (Wildman–Crippen LogP) is 3.87. The average Bonchev–Trinajstić information content (AvgIpc) is 2.63. The molecule has 0 spiro atoms. The standard InChI is InChI=1S/C20H23FN4O6/c1-11-16(25(28)29)17(23-12(2)22-11)24(19(27)31-20(3,4)5)10-14-8-7-13(9-15(14)21)18(26)30-6/h7-9H,10H2,1-6H3. The van der Waals surface area contributed by atoms with Gasteiger partial charge < -0.3 is 9.47 Å². The van der Waals surface area contributed by atoms with Gasteiger partial charge in [0.25, 0.3) is 0 Å². The summed E-state index contributed by atoms with van der Waals surface area (Å²) >= 11 is 0. The van der Waals surface area contributed by atoms with E-state index in [1.807, 2.05) is 0 Å². The number of esters is 1. The number of hydrogen-bond acceptors (Lipinski definition) is 8. The molecule has 2 aromatic rings. The number of rotatable bonds is 5. The topological polar surface area (TPSA) is 125 Å². The third-order valence-corrected chi connectivity index (χ3v) is 4.01. The molecule has 0 bridgehead atoms. The Morgan fingerprint density at radius 3 is 2.39 bits per heavy atom. The Kier molecular flexibility index (Phi) is 6.88. The highest BCUT2D eigenvalue weighted by Crippen LogP contribution is 2.31. The Bertz CT molecular complexity index is 1040. The number of amides is 1. The molecule has 0 aliphatic carbocycles. The smallest absolute Gasteiger partial charge is 0.416 e. The van der Waals surface area contributed by atoms with Crippen LogP contribution in [0.5, 0.6) is 0 Å². The number of benzene rings is 1. The average molecular weight is 434 g/mol. The third-order valence-electron chi connectivity index (χ3n) is 4.01. The first-order valence-electron chi connectivity index (χ1n) is 9.21. The molecule has 0 aliphatic rings. The number of anilines is 1. The second kappa shape index (κ2) is 9.02. The number of halogens is 1. The maximum atomic E-state index is 14.7. The van der Waals surface area contributed by atoms with Crippen molar-refractivity contribution in [1.29, 1.82) is 0 Å². The predicted molar refractivity (Wildman–Crippen MR) is 108 cm³/mol. The maximum absolute atomic E-state index is 14.7. The molecule has 0 fully saturated rings. The van der Waals surface area contributed by atoms with Crippen LogP contribution >= 0.6 is 0 Å². The van der Waals surface area contributed by atoms with E-state index in [-0.39, 0.29) is 28.5 Å². The van der Waals surface area contributed by atoms with Crippen molar-refractivity contribution in [2.75, 3.05) is 12.0 Å². The first-order chi connectivity index (χ1) is 14.3. The van der Waals surface area contributed by atoms with Gasteiger partial charge in [0.1, 0.15) is 22.9 Å². The van der Waals surface area contributed by atoms with E-state index in [0.29, 0.717) is 0 Å². The lowest BCUT2D eigenvalue weighted by Gasteiger charge is -2.27. The van der Waals surface area contributed by atoms with E-state index in [9.17, 15) is 24.1 Å². The Morgan fingerprint density at radius 1 is 1.23 bits per heavy atom. The van der Waals surface area contributed by atoms with Crippen LogP contribution in [0.2, 0.25) is 0 Å². The highest BCUT2D eigenvalue weighted by Gasteiger charge is 2.33. The summed E-state index contributed by atoms with van der Waals surface area (Å²) in [6, 6.07) is 3.56. The van der Waals surface area contributed by atoms with Crippen LogP contribution < -0.4 is 4.90 Å². The number of nitrogens with zero attached hydrogens (tertiary/aromatic N) is 4. The number of methoxy groups -OCH3 is 1. The number of hydrogen-bond donors (Lipinski definition) is 0. The lowest BCUT2D eigenvalue weighted by atomic mass is 10.1. The Balaban J connectivity index is 2.60. The van der Waals surface area contributed by atoms with E-state index in [0.717, 1.165) is 18.1 Å². The molecule has 1 amide bonds. The second-order valence-electron chi connectivity index (χ2n) is 7.65. The molecule has 0 saturated heterocycles. The van der Waals surface area contributed by atoms with Crippen LogP contribution in [0.25, 0.3) is 0 Å². The first-order valence-corrected chi connectivity index (χ1v) is 9.21. The molecule has 166 valence electrons. The highest BCUT2D eigenvalue weighted by molar-refractivity contribution is 5.90. The molecule has 0 N–H and O–H groups in total. The zero-order chi connectivity index (χ0) is 23.5. The van der Waals surface area contributed by atoms with Gasteiger partial charge in [0.15, 0.2) is 0 Å². The van der Waals surface area contributed by atoms with Gasteiger partial charge in [-0.1, -0.05) is 6.07 Å². The largest absolute Gasteiger partial charge is 0.465 e. The van der Waals surface area contributed by atoms with Gasteiger partial charge in [-0.25, -0.2) is 23.9 Å². The van der Waals surface area contributed by atoms with Crippen LogP contribution in [0, 0.1) is 29.8 Å². The minimum Gasteiger partial charge on any atom is -0.465 e. The molecule has 1 heterocycles. The van der Waals surface area contributed by atoms with Crippen molar-refractivity contribution in [3.05, 3.63) is 56.8 Å². The van der Waals surface area contributed by atoms with Gasteiger partial charge in [-0.3, -0.25) is 15.0 Å². The van der Waals surface area contributed by atoms with E-state index >= 15 is 0 Å². The lowest BCUT2D eigenvalue weighted by molar-refractivity contribution is -0.385. The fraction of sp³-hybridized carbons (Fsp3) is 0.400. The molecular weight excluding hydrogens is 411 g/mol. The van der Waals surface area contributed by atoms with Crippen molar-refractivity contribution in [3.8, 4) is 0 Å². The number of carbonyl (C=O) groups is 2. The van der Waals surface area contributed by atoms with Crippen LogP contribution in [-0.4, -0.2) is 39.7 Å². The quantitative estimate of drug-likeness (QED) is 0.394. The molecule has 1 aromatic carbocycles. The first kappa shape index (κ1) is 23.6. The molecule has 1 aromatic heterocycles. The second-order valence-corrected chi connectivity index (χ2v) is 7.65. The molecule has 31 heavy (non-hydrogen) atoms. The van der Waals surface area contributed by atoms with E-state index in [1.54, 1.807) is 20.8 Å². The van der Waals surface area contributed by atoms with Crippen LogP contribution in [0.4, 0.5) is 20.7 Å². The zero-order valence-corrected chi connectivity index (χ0v) is 18.1. The normalized spacial score (nSPS) is 11.1. The van der Waals surface area contributed by atoms with Crippen molar-refractivity contribution in [2.45, 2.75) is 46.8 Å². The monoisotopic (exact) mass is 434 g/mol. The lowest BCUT2D eigenvalue weighted by Crippen LogP contribution is -2.38. The van der Waals surface area contributed by atoms with Gasteiger partial charge in [-0.15, -0.1) is 0 Å². The van der Waals surface area contributed by atoms with Crippen LogP contribution in [0.3, 0.4) is 0 Å². The van der Waals surface area contributed by atoms with E-state index < -0.39 is 40.6 Å². The van der Waals surface area contributed by atoms with Gasteiger partial charge in [-0.05, 0) is 46.8 Å². The molecule has 0 aliphatic heterocycles. The third kappa shape index (κ3) is 5.71. The molecular formula is C20H23FN4O6. The molecule has 0 unspecified atom stereocenters. The molecule has 0 saturated carbocycles. The summed E-state index contributed by atoms with van der Waals surface area (Å²) in [4.78, 5) is 44.4. The van der Waals surface area contributed by atoms with Crippen molar-refractivity contribution >= 4 is 23.6 Å². The summed E-state index contributed by atoms with van der Waals surface area (Å²) in [5, 5.41) is 11.7. The zero-order valence-electron chi connectivity index (χ0n) is 18.1. The van der Waals surface area contributed by atoms with Gasteiger partial charge in [-0.2, -0.15) is 0 Å².